The quantitative estimate of drug-likeness (QED) is 0.465. The topological polar surface area (TPSA) is 93.2 Å². The monoisotopic (exact) mass is 523 g/mol. The van der Waals surface area contributed by atoms with Crippen LogP contribution in [-0.2, 0) is 27.4 Å². The number of thiazole rings is 1. The van der Waals surface area contributed by atoms with Gasteiger partial charge in [-0.2, -0.15) is 0 Å². The molecule has 2 saturated heterocycles. The molecule has 0 spiro atoms. The Bertz CT molecular complexity index is 1110. The van der Waals surface area contributed by atoms with Crippen LogP contribution in [0.15, 0.2) is 66.2 Å². The highest BCUT2D eigenvalue weighted by atomic mass is 32.1. The molecule has 4 atom stereocenters. The van der Waals surface area contributed by atoms with Gasteiger partial charge in [-0.3, -0.25) is 9.69 Å². The molecule has 3 heterocycles. The number of amides is 1. The maximum absolute atomic E-state index is 12.7. The number of hydrogen-bond acceptors (Lipinski definition) is 8. The van der Waals surface area contributed by atoms with E-state index in [0.29, 0.717) is 32.7 Å². The highest BCUT2D eigenvalue weighted by Crippen LogP contribution is 2.29. The lowest BCUT2D eigenvalue weighted by Gasteiger charge is -2.44. The van der Waals surface area contributed by atoms with Crippen LogP contribution in [0.4, 0.5) is 0 Å². The van der Waals surface area contributed by atoms with Crippen LogP contribution in [-0.4, -0.2) is 65.0 Å². The van der Waals surface area contributed by atoms with Gasteiger partial charge in [-0.15, -0.1) is 11.3 Å². The molecule has 37 heavy (non-hydrogen) atoms. The number of ether oxygens (including phenoxy) is 3. The molecular weight excluding hydrogens is 490 g/mol. The van der Waals surface area contributed by atoms with Crippen LogP contribution in [0, 0.1) is 0 Å². The molecule has 0 unspecified atom stereocenters. The molecular formula is C28H33N3O5S. The summed E-state index contributed by atoms with van der Waals surface area (Å²) in [6.45, 7) is 2.34. The smallest absolute Gasteiger partial charge is 0.222 e. The van der Waals surface area contributed by atoms with Crippen molar-refractivity contribution in [2.75, 3.05) is 19.8 Å². The van der Waals surface area contributed by atoms with Crippen LogP contribution < -0.4 is 10.1 Å². The van der Waals surface area contributed by atoms with E-state index in [2.05, 4.69) is 15.2 Å². The Morgan fingerprint density at radius 1 is 1.11 bits per heavy atom. The first kappa shape index (κ1) is 25.8. The van der Waals surface area contributed by atoms with Crippen molar-refractivity contribution in [3.05, 3.63) is 76.7 Å². The second-order valence-electron chi connectivity index (χ2n) is 9.53. The van der Waals surface area contributed by atoms with Gasteiger partial charge in [0, 0.05) is 30.7 Å². The number of benzene rings is 2. The fourth-order valence-electron chi connectivity index (χ4n) is 4.91. The number of carbonyl (C=O) groups is 1. The fourth-order valence-corrected chi connectivity index (χ4v) is 5.55. The zero-order valence-electron chi connectivity index (χ0n) is 20.7. The highest BCUT2D eigenvalue weighted by Gasteiger charge is 2.38. The van der Waals surface area contributed by atoms with Gasteiger partial charge in [-0.25, -0.2) is 4.98 Å². The Labute approximate surface area is 221 Å². The van der Waals surface area contributed by atoms with E-state index in [4.69, 9.17) is 14.2 Å². The third-order valence-corrected chi connectivity index (χ3v) is 7.48. The standard InChI is InChI=1S/C28H33N3O5S/c32-21-16-31(17-28-29-12-13-37-28)25-11-10-24(36-26(25)19-34-18-21)14-27(33)30-15-20-6-8-23(9-7-20)35-22-4-2-1-3-5-22/h1-9,12-13,21,24-26,32H,10-11,14-19H2,(H,30,33)/t21-,24+,25-,26+/m0/s1. The van der Waals surface area contributed by atoms with Gasteiger partial charge in [0.25, 0.3) is 0 Å². The normalized spacial score (nSPS) is 24.5. The minimum atomic E-state index is -0.539. The number of hydrogen-bond donors (Lipinski definition) is 2. The number of aliphatic hydroxyl groups is 1. The maximum atomic E-state index is 12.7. The van der Waals surface area contributed by atoms with Crippen LogP contribution in [0.3, 0.4) is 0 Å². The lowest BCUT2D eigenvalue weighted by Crippen LogP contribution is -2.55. The fraction of sp³-hybridized carbons (Fsp3) is 0.429. The molecule has 8 nitrogen and oxygen atoms in total. The first-order valence-electron chi connectivity index (χ1n) is 12.7. The Morgan fingerprint density at radius 2 is 1.92 bits per heavy atom. The molecule has 1 aromatic heterocycles. The van der Waals surface area contributed by atoms with Crippen LogP contribution in [0.5, 0.6) is 11.5 Å². The summed E-state index contributed by atoms with van der Waals surface area (Å²) in [4.78, 5) is 19.4. The van der Waals surface area contributed by atoms with E-state index in [1.165, 1.54) is 0 Å². The van der Waals surface area contributed by atoms with Crippen LogP contribution in [0.2, 0.25) is 0 Å². The molecule has 2 N–H and O–H groups in total. The number of β-amino-alcohol motifs (C(OH)–C–C–N with tert-alkyl or cyclic N) is 1. The summed E-state index contributed by atoms with van der Waals surface area (Å²) in [5.74, 6) is 1.51. The van der Waals surface area contributed by atoms with Gasteiger partial charge >= 0.3 is 0 Å². The van der Waals surface area contributed by atoms with E-state index < -0.39 is 6.10 Å². The van der Waals surface area contributed by atoms with Crippen molar-refractivity contribution < 1.29 is 24.1 Å². The maximum Gasteiger partial charge on any atom is 0.222 e. The second-order valence-corrected chi connectivity index (χ2v) is 10.5. The Morgan fingerprint density at radius 3 is 2.70 bits per heavy atom. The highest BCUT2D eigenvalue weighted by molar-refractivity contribution is 7.09. The number of fused-ring (bicyclic) bond motifs is 1. The van der Waals surface area contributed by atoms with Crippen LogP contribution >= 0.6 is 11.3 Å². The summed E-state index contributed by atoms with van der Waals surface area (Å²) in [5, 5.41) is 16.3. The van der Waals surface area contributed by atoms with Crippen molar-refractivity contribution in [2.24, 2.45) is 0 Å². The van der Waals surface area contributed by atoms with Gasteiger partial charge in [-0.05, 0) is 42.7 Å². The summed E-state index contributed by atoms with van der Waals surface area (Å²) in [5.41, 5.74) is 1.00. The SMILES string of the molecule is O=C(C[C@H]1CC[C@H]2[C@@H](COC[C@@H](O)CN2Cc2nccs2)O1)NCc1ccc(Oc2ccccc2)cc1. The Balaban J connectivity index is 1.10. The molecule has 2 aromatic carbocycles. The molecule has 0 saturated carbocycles. The predicted molar refractivity (Wildman–Crippen MR) is 140 cm³/mol. The predicted octanol–water partition coefficient (Wildman–Crippen LogP) is 3.75. The summed E-state index contributed by atoms with van der Waals surface area (Å²) in [7, 11) is 0. The molecule has 196 valence electrons. The summed E-state index contributed by atoms with van der Waals surface area (Å²) in [6.07, 6.45) is 2.95. The minimum absolute atomic E-state index is 0.0325. The average molecular weight is 524 g/mol. The minimum Gasteiger partial charge on any atom is -0.457 e. The molecule has 0 aliphatic carbocycles. The molecule has 3 aromatic rings. The lowest BCUT2D eigenvalue weighted by molar-refractivity contribution is -0.158. The van der Waals surface area contributed by atoms with Gasteiger partial charge in [0.15, 0.2) is 0 Å². The zero-order chi connectivity index (χ0) is 25.5. The van der Waals surface area contributed by atoms with Crippen LogP contribution in [0.25, 0.3) is 0 Å². The second kappa shape index (κ2) is 12.6. The van der Waals surface area contributed by atoms with Crippen LogP contribution in [0.1, 0.15) is 29.8 Å². The zero-order valence-corrected chi connectivity index (χ0v) is 21.5. The van der Waals surface area contributed by atoms with Gasteiger partial charge < -0.3 is 24.6 Å². The number of para-hydroxylation sites is 1. The van der Waals surface area contributed by atoms with Crippen molar-refractivity contribution in [3.8, 4) is 11.5 Å². The van der Waals surface area contributed by atoms with Gasteiger partial charge in [0.05, 0.1) is 44.5 Å². The molecule has 5 rings (SSSR count). The number of rotatable bonds is 8. The van der Waals surface area contributed by atoms with Gasteiger partial charge in [0.1, 0.15) is 16.5 Å². The van der Waals surface area contributed by atoms with E-state index in [-0.39, 0.29) is 30.8 Å². The first-order chi connectivity index (χ1) is 18.1. The molecule has 1 amide bonds. The van der Waals surface area contributed by atoms with E-state index >= 15 is 0 Å². The van der Waals surface area contributed by atoms with Crippen molar-refractivity contribution >= 4 is 17.2 Å². The number of aromatic nitrogens is 1. The molecule has 0 bridgehead atoms. The lowest BCUT2D eigenvalue weighted by atomic mass is 9.94. The van der Waals surface area contributed by atoms with E-state index in [9.17, 15) is 9.90 Å². The molecule has 9 heteroatoms. The molecule has 0 radical (unpaired) electrons. The molecule has 2 aliphatic rings. The number of aliphatic hydroxyl groups excluding tert-OH is 1. The largest absolute Gasteiger partial charge is 0.457 e. The van der Waals surface area contributed by atoms with Gasteiger partial charge in [-0.1, -0.05) is 30.3 Å². The summed E-state index contributed by atoms with van der Waals surface area (Å²) < 4.78 is 17.9. The van der Waals surface area contributed by atoms with E-state index in [1.807, 2.05) is 60.0 Å². The van der Waals surface area contributed by atoms with Crippen molar-refractivity contribution in [1.82, 2.24) is 15.2 Å². The summed E-state index contributed by atoms with van der Waals surface area (Å²) in [6, 6.07) is 17.5. The van der Waals surface area contributed by atoms with Crippen molar-refractivity contribution in [1.29, 1.82) is 0 Å². The number of nitrogens with one attached hydrogen (secondary N) is 1. The Hall–Kier alpha value is -2.82. The molecule has 2 aliphatic heterocycles. The third kappa shape index (κ3) is 7.37. The summed E-state index contributed by atoms with van der Waals surface area (Å²) >= 11 is 1.62. The van der Waals surface area contributed by atoms with Crippen molar-refractivity contribution in [2.45, 2.75) is 56.7 Å². The molecule has 2 fully saturated rings. The number of nitrogens with zero attached hydrogens (tertiary/aromatic N) is 2. The first-order valence-corrected chi connectivity index (χ1v) is 13.6. The Kier molecular flexibility index (Phi) is 8.80. The third-order valence-electron chi connectivity index (χ3n) is 6.71. The average Bonchev–Trinajstić information content (AvgIpc) is 3.41. The number of carbonyl (C=O) groups excluding carboxylic acids is 1. The van der Waals surface area contributed by atoms with Gasteiger partial charge in [0.2, 0.25) is 5.91 Å². The van der Waals surface area contributed by atoms with Crippen molar-refractivity contribution in [3.63, 3.8) is 0 Å². The van der Waals surface area contributed by atoms with E-state index in [0.717, 1.165) is 34.9 Å². The van der Waals surface area contributed by atoms with E-state index in [1.54, 1.807) is 17.5 Å².